The molecule has 9 nitrogen and oxygen atoms in total. The fourth-order valence-electron chi connectivity index (χ4n) is 4.62. The lowest BCUT2D eigenvalue weighted by Gasteiger charge is -2.45. The first-order valence-corrected chi connectivity index (χ1v) is 9.93. The number of carbonyl (C=O) groups excluding carboxylic acids is 2. The van der Waals surface area contributed by atoms with Gasteiger partial charge in [0.05, 0.1) is 6.54 Å². The SMILES string of the molecule is O=C(c1ccn[nH]1)N1CCC2(CC1)OC(C(=O)N1CCCC1)Cn1ccnc12. The molecule has 0 aliphatic carbocycles. The van der Waals surface area contributed by atoms with E-state index >= 15 is 0 Å². The lowest BCUT2D eigenvalue weighted by atomic mass is 9.88. The third kappa shape index (κ3) is 2.81. The number of hydrogen-bond acceptors (Lipinski definition) is 5. The molecule has 1 atom stereocenters. The van der Waals surface area contributed by atoms with Crippen LogP contribution in [0.1, 0.15) is 42.0 Å². The van der Waals surface area contributed by atoms with Crippen molar-refractivity contribution >= 4 is 11.8 Å². The van der Waals surface area contributed by atoms with Crippen molar-refractivity contribution < 1.29 is 14.3 Å². The van der Waals surface area contributed by atoms with Gasteiger partial charge in [-0.1, -0.05) is 0 Å². The van der Waals surface area contributed by atoms with Gasteiger partial charge in [0.1, 0.15) is 17.1 Å². The molecule has 5 rings (SSSR count). The second kappa shape index (κ2) is 6.73. The minimum atomic E-state index is -0.618. The number of piperidine rings is 1. The predicted molar refractivity (Wildman–Crippen MR) is 98.3 cm³/mol. The third-order valence-corrected chi connectivity index (χ3v) is 6.14. The van der Waals surface area contributed by atoms with E-state index in [0.29, 0.717) is 38.2 Å². The Morgan fingerprint density at radius 2 is 1.89 bits per heavy atom. The van der Waals surface area contributed by atoms with Crippen molar-refractivity contribution in [2.24, 2.45) is 0 Å². The van der Waals surface area contributed by atoms with Crippen LogP contribution in [0.5, 0.6) is 0 Å². The van der Waals surface area contributed by atoms with E-state index in [1.165, 1.54) is 0 Å². The van der Waals surface area contributed by atoms with Gasteiger partial charge in [-0.05, 0) is 18.9 Å². The number of aromatic nitrogens is 4. The molecular formula is C19H24N6O3. The van der Waals surface area contributed by atoms with Crippen LogP contribution in [0, 0.1) is 0 Å². The van der Waals surface area contributed by atoms with E-state index in [2.05, 4.69) is 19.7 Å². The molecule has 2 aromatic rings. The summed E-state index contributed by atoms with van der Waals surface area (Å²) in [5.74, 6) is 0.884. The minimum absolute atomic E-state index is 0.0591. The van der Waals surface area contributed by atoms with Crippen molar-refractivity contribution in [2.45, 2.75) is 43.9 Å². The molecule has 2 aromatic heterocycles. The Kier molecular flexibility index (Phi) is 4.19. The van der Waals surface area contributed by atoms with Gasteiger partial charge < -0.3 is 19.1 Å². The number of amides is 2. The molecule has 3 aliphatic heterocycles. The summed E-state index contributed by atoms with van der Waals surface area (Å²) in [7, 11) is 0. The molecule has 2 fully saturated rings. The molecule has 0 bridgehead atoms. The van der Waals surface area contributed by atoms with Crippen molar-refractivity contribution in [2.75, 3.05) is 26.2 Å². The van der Waals surface area contributed by atoms with Crippen LogP contribution in [-0.4, -0.2) is 73.6 Å². The number of imidazole rings is 1. The summed E-state index contributed by atoms with van der Waals surface area (Å²) in [6, 6.07) is 1.68. The highest BCUT2D eigenvalue weighted by atomic mass is 16.5. The Balaban J connectivity index is 1.35. The first-order chi connectivity index (χ1) is 13.7. The Bertz CT molecular complexity index is 862. The number of hydrogen-bond donors (Lipinski definition) is 1. The lowest BCUT2D eigenvalue weighted by Crippen LogP contribution is -2.55. The molecule has 3 aliphatic rings. The Hall–Kier alpha value is -2.68. The van der Waals surface area contributed by atoms with E-state index in [-0.39, 0.29) is 11.8 Å². The van der Waals surface area contributed by atoms with Gasteiger partial charge >= 0.3 is 0 Å². The highest BCUT2D eigenvalue weighted by Gasteiger charge is 2.48. The smallest absolute Gasteiger partial charge is 0.271 e. The molecule has 1 unspecified atom stereocenters. The van der Waals surface area contributed by atoms with Gasteiger partial charge in [0.25, 0.3) is 11.8 Å². The lowest BCUT2D eigenvalue weighted by molar-refractivity contribution is -0.179. The second-order valence-corrected chi connectivity index (χ2v) is 7.80. The number of nitrogens with one attached hydrogen (secondary N) is 1. The van der Waals surface area contributed by atoms with Gasteiger partial charge in [-0.25, -0.2) is 4.98 Å². The quantitative estimate of drug-likeness (QED) is 0.825. The summed E-state index contributed by atoms with van der Waals surface area (Å²) in [4.78, 5) is 33.8. The van der Waals surface area contributed by atoms with E-state index in [1.54, 1.807) is 23.4 Å². The molecular weight excluding hydrogens is 360 g/mol. The number of fused-ring (bicyclic) bond motifs is 2. The molecule has 0 aromatic carbocycles. The van der Waals surface area contributed by atoms with Crippen molar-refractivity contribution in [3.8, 4) is 0 Å². The fourth-order valence-corrected chi connectivity index (χ4v) is 4.62. The number of likely N-dealkylation sites (tertiary alicyclic amines) is 2. The molecule has 0 saturated carbocycles. The maximum Gasteiger partial charge on any atom is 0.271 e. The standard InChI is InChI=1S/C19H24N6O3/c26-16(14-3-6-21-22-14)24-10-4-19(5-11-24)18-20-7-12-25(18)13-15(28-19)17(27)23-8-1-2-9-23/h3,6-7,12,15H,1-2,4-5,8-11,13H2,(H,21,22). The Labute approximate surface area is 162 Å². The van der Waals surface area contributed by atoms with Crippen molar-refractivity contribution in [1.82, 2.24) is 29.5 Å². The molecule has 2 amide bonds. The van der Waals surface area contributed by atoms with Gasteiger partial charge in [0.15, 0.2) is 6.10 Å². The molecule has 2 saturated heterocycles. The monoisotopic (exact) mass is 384 g/mol. The fraction of sp³-hybridized carbons (Fsp3) is 0.579. The van der Waals surface area contributed by atoms with Crippen LogP contribution < -0.4 is 0 Å². The van der Waals surface area contributed by atoms with E-state index in [4.69, 9.17) is 4.74 Å². The molecule has 0 radical (unpaired) electrons. The predicted octanol–water partition coefficient (Wildman–Crippen LogP) is 0.759. The van der Waals surface area contributed by atoms with Crippen LogP contribution in [0.4, 0.5) is 0 Å². The first kappa shape index (κ1) is 17.4. The zero-order chi connectivity index (χ0) is 19.1. The molecule has 9 heteroatoms. The van der Waals surface area contributed by atoms with Crippen molar-refractivity contribution in [1.29, 1.82) is 0 Å². The third-order valence-electron chi connectivity index (χ3n) is 6.14. The number of H-pyrrole nitrogens is 1. The number of rotatable bonds is 2. The van der Waals surface area contributed by atoms with Gasteiger partial charge in [-0.3, -0.25) is 14.7 Å². The summed E-state index contributed by atoms with van der Waals surface area (Å²) >= 11 is 0. The van der Waals surface area contributed by atoms with Crippen LogP contribution in [0.15, 0.2) is 24.7 Å². The van der Waals surface area contributed by atoms with Crippen LogP contribution in [0.25, 0.3) is 0 Å². The summed E-state index contributed by atoms with van der Waals surface area (Å²) in [5.41, 5.74) is -0.129. The maximum atomic E-state index is 13.0. The number of carbonyl (C=O) groups is 2. The van der Waals surface area contributed by atoms with Gasteiger partial charge in [0, 0.05) is 57.6 Å². The largest absolute Gasteiger partial charge is 0.352 e. The molecule has 148 valence electrons. The average Bonchev–Trinajstić information content (AvgIpc) is 3.50. The molecule has 1 spiro atoms. The van der Waals surface area contributed by atoms with Crippen molar-refractivity contribution in [3.63, 3.8) is 0 Å². The summed E-state index contributed by atoms with van der Waals surface area (Å²) in [5, 5.41) is 6.59. The van der Waals surface area contributed by atoms with E-state index in [9.17, 15) is 9.59 Å². The van der Waals surface area contributed by atoms with E-state index < -0.39 is 11.7 Å². The first-order valence-electron chi connectivity index (χ1n) is 9.93. The second-order valence-electron chi connectivity index (χ2n) is 7.80. The summed E-state index contributed by atoms with van der Waals surface area (Å²) in [6.45, 7) is 3.23. The topological polar surface area (TPSA) is 96.3 Å². The highest BCUT2D eigenvalue weighted by Crippen LogP contribution is 2.40. The molecule has 28 heavy (non-hydrogen) atoms. The minimum Gasteiger partial charge on any atom is -0.352 e. The summed E-state index contributed by atoms with van der Waals surface area (Å²) in [6.07, 6.45) is 8.14. The zero-order valence-electron chi connectivity index (χ0n) is 15.7. The Morgan fingerprint density at radius 3 is 2.61 bits per heavy atom. The summed E-state index contributed by atoms with van der Waals surface area (Å²) < 4.78 is 8.51. The zero-order valence-corrected chi connectivity index (χ0v) is 15.7. The van der Waals surface area contributed by atoms with Crippen LogP contribution in [-0.2, 0) is 21.7 Å². The molecule has 5 heterocycles. The average molecular weight is 384 g/mol. The number of aromatic amines is 1. The number of nitrogens with zero attached hydrogens (tertiary/aromatic N) is 5. The highest BCUT2D eigenvalue weighted by molar-refractivity contribution is 5.92. The maximum absolute atomic E-state index is 13.0. The van der Waals surface area contributed by atoms with Gasteiger partial charge in [-0.15, -0.1) is 0 Å². The molecule has 1 N–H and O–H groups in total. The van der Waals surface area contributed by atoms with E-state index in [1.807, 2.05) is 11.1 Å². The van der Waals surface area contributed by atoms with Crippen molar-refractivity contribution in [3.05, 3.63) is 36.2 Å². The number of ether oxygens (including phenoxy) is 1. The normalized spacial score (nSPS) is 23.8. The van der Waals surface area contributed by atoms with Gasteiger partial charge in [-0.2, -0.15) is 5.10 Å². The Morgan fingerprint density at radius 1 is 1.11 bits per heavy atom. The van der Waals surface area contributed by atoms with Gasteiger partial charge in [0.2, 0.25) is 0 Å². The van der Waals surface area contributed by atoms with Crippen LogP contribution in [0.2, 0.25) is 0 Å². The van der Waals surface area contributed by atoms with Crippen LogP contribution >= 0.6 is 0 Å². The van der Waals surface area contributed by atoms with Crippen LogP contribution in [0.3, 0.4) is 0 Å². The van der Waals surface area contributed by atoms with E-state index in [0.717, 1.165) is 31.8 Å².